The Bertz CT molecular complexity index is 336. The number of rotatable bonds is 1. The topological polar surface area (TPSA) is 46.3 Å². The Labute approximate surface area is 93.9 Å². The molecule has 0 saturated carbocycles. The van der Waals surface area contributed by atoms with Gasteiger partial charge in [0.2, 0.25) is 0 Å². The first-order chi connectivity index (χ1) is 7.18. The Hall–Kier alpha value is -0.870. The molecule has 2 unspecified atom stereocenters. The first-order valence-electron chi connectivity index (χ1n) is 5.25. The summed E-state index contributed by atoms with van der Waals surface area (Å²) in [5.41, 5.74) is 6.73. The first kappa shape index (κ1) is 10.6. The molecule has 0 aliphatic carbocycles. The van der Waals surface area contributed by atoms with Crippen LogP contribution < -0.4 is 5.73 Å². The van der Waals surface area contributed by atoms with Crippen molar-refractivity contribution < 1.29 is 4.79 Å². The third-order valence-corrected chi connectivity index (χ3v) is 3.71. The number of nitrogens with zero attached hydrogens (tertiary/aromatic N) is 1. The number of thiophene rings is 1. The van der Waals surface area contributed by atoms with Crippen LogP contribution in [-0.2, 0) is 0 Å². The van der Waals surface area contributed by atoms with Crippen LogP contribution in [-0.4, -0.2) is 29.9 Å². The third-order valence-electron chi connectivity index (χ3n) is 3.03. The monoisotopic (exact) mass is 224 g/mol. The van der Waals surface area contributed by atoms with Gasteiger partial charge in [0.15, 0.2) is 0 Å². The van der Waals surface area contributed by atoms with Crippen molar-refractivity contribution in [1.29, 1.82) is 0 Å². The molecule has 1 aliphatic rings. The van der Waals surface area contributed by atoms with Gasteiger partial charge in [-0.3, -0.25) is 4.79 Å². The van der Waals surface area contributed by atoms with Crippen molar-refractivity contribution in [3.05, 3.63) is 22.4 Å². The van der Waals surface area contributed by atoms with E-state index >= 15 is 0 Å². The van der Waals surface area contributed by atoms with Crippen LogP contribution in [0, 0.1) is 5.92 Å². The number of hydrogen-bond acceptors (Lipinski definition) is 3. The predicted molar refractivity (Wildman–Crippen MR) is 62.0 cm³/mol. The maximum absolute atomic E-state index is 12.0. The smallest absolute Gasteiger partial charge is 0.254 e. The van der Waals surface area contributed by atoms with Gasteiger partial charge in [-0.15, -0.1) is 0 Å². The van der Waals surface area contributed by atoms with Crippen LogP contribution in [0.15, 0.2) is 16.8 Å². The van der Waals surface area contributed by atoms with Gasteiger partial charge >= 0.3 is 0 Å². The lowest BCUT2D eigenvalue weighted by Gasteiger charge is -2.34. The Kier molecular flexibility index (Phi) is 3.07. The van der Waals surface area contributed by atoms with Crippen LogP contribution in [0.25, 0.3) is 0 Å². The molecular formula is C11H16N2OS. The summed E-state index contributed by atoms with van der Waals surface area (Å²) in [7, 11) is 0. The lowest BCUT2D eigenvalue weighted by atomic mass is 9.94. The van der Waals surface area contributed by atoms with Gasteiger partial charge < -0.3 is 10.6 Å². The maximum atomic E-state index is 12.0. The second-order valence-corrected chi connectivity index (χ2v) is 4.97. The lowest BCUT2D eigenvalue weighted by molar-refractivity contribution is 0.0665. The van der Waals surface area contributed by atoms with Gasteiger partial charge in [0, 0.05) is 24.5 Å². The summed E-state index contributed by atoms with van der Waals surface area (Å²) in [6, 6.07) is 2.13. The zero-order chi connectivity index (χ0) is 10.8. The van der Waals surface area contributed by atoms with Crippen molar-refractivity contribution in [3.63, 3.8) is 0 Å². The van der Waals surface area contributed by atoms with Crippen LogP contribution in [0.4, 0.5) is 0 Å². The maximum Gasteiger partial charge on any atom is 0.254 e. The summed E-state index contributed by atoms with van der Waals surface area (Å²) in [5.74, 6) is 0.552. The summed E-state index contributed by atoms with van der Waals surface area (Å²) < 4.78 is 0. The molecule has 1 aromatic heterocycles. The average Bonchev–Trinajstić information content (AvgIpc) is 2.74. The average molecular weight is 224 g/mol. The van der Waals surface area contributed by atoms with Gasteiger partial charge in [0.1, 0.15) is 0 Å². The van der Waals surface area contributed by atoms with Crippen LogP contribution in [0.1, 0.15) is 23.7 Å². The van der Waals surface area contributed by atoms with E-state index in [-0.39, 0.29) is 11.9 Å². The molecule has 2 rings (SSSR count). The highest BCUT2D eigenvalue weighted by molar-refractivity contribution is 7.08. The molecule has 0 radical (unpaired) electrons. The highest BCUT2D eigenvalue weighted by atomic mass is 32.1. The minimum Gasteiger partial charge on any atom is -0.338 e. The molecule has 82 valence electrons. The van der Waals surface area contributed by atoms with Crippen molar-refractivity contribution in [2.75, 3.05) is 13.1 Å². The van der Waals surface area contributed by atoms with Crippen LogP contribution in [0.5, 0.6) is 0 Å². The molecule has 2 atom stereocenters. The molecule has 0 spiro atoms. The van der Waals surface area contributed by atoms with E-state index in [1.165, 1.54) is 0 Å². The zero-order valence-corrected chi connectivity index (χ0v) is 9.67. The Morgan fingerprint density at radius 2 is 2.47 bits per heavy atom. The molecule has 4 heteroatoms. The Morgan fingerprint density at radius 3 is 3.07 bits per heavy atom. The van der Waals surface area contributed by atoms with Crippen LogP contribution >= 0.6 is 11.3 Å². The molecule has 1 saturated heterocycles. The number of piperidine rings is 1. The SMILES string of the molecule is CC1CN(C(=O)c2ccsc2)CCC1N. The van der Waals surface area contributed by atoms with Crippen molar-refractivity contribution in [3.8, 4) is 0 Å². The largest absolute Gasteiger partial charge is 0.338 e. The van der Waals surface area contributed by atoms with Gasteiger partial charge in [-0.25, -0.2) is 0 Å². The molecule has 2 heterocycles. The molecule has 15 heavy (non-hydrogen) atoms. The summed E-state index contributed by atoms with van der Waals surface area (Å²) >= 11 is 1.56. The minimum atomic E-state index is 0.148. The van der Waals surface area contributed by atoms with E-state index in [4.69, 9.17) is 5.73 Å². The summed E-state index contributed by atoms with van der Waals surface area (Å²) in [6.07, 6.45) is 0.914. The summed E-state index contributed by atoms with van der Waals surface area (Å²) in [6.45, 7) is 3.69. The Balaban J connectivity index is 2.03. The van der Waals surface area contributed by atoms with E-state index in [1.54, 1.807) is 11.3 Å². The second kappa shape index (κ2) is 4.33. The van der Waals surface area contributed by atoms with Crippen LogP contribution in [0.3, 0.4) is 0 Å². The van der Waals surface area contributed by atoms with Crippen molar-refractivity contribution >= 4 is 17.2 Å². The molecule has 1 aliphatic heterocycles. The quantitative estimate of drug-likeness (QED) is 0.787. The molecule has 3 nitrogen and oxygen atoms in total. The van der Waals surface area contributed by atoms with Gasteiger partial charge in [-0.05, 0) is 23.8 Å². The molecule has 1 aromatic rings. The number of likely N-dealkylation sites (tertiary alicyclic amines) is 1. The summed E-state index contributed by atoms with van der Waals surface area (Å²) in [4.78, 5) is 13.9. The lowest BCUT2D eigenvalue weighted by Crippen LogP contribution is -2.48. The van der Waals surface area contributed by atoms with E-state index in [1.807, 2.05) is 21.7 Å². The fraction of sp³-hybridized carbons (Fsp3) is 0.545. The normalized spacial score (nSPS) is 26.7. The number of hydrogen-bond donors (Lipinski definition) is 1. The van der Waals surface area contributed by atoms with Gasteiger partial charge in [0.25, 0.3) is 5.91 Å². The number of carbonyl (C=O) groups is 1. The highest BCUT2D eigenvalue weighted by Crippen LogP contribution is 2.18. The number of amides is 1. The Morgan fingerprint density at radius 1 is 1.67 bits per heavy atom. The molecular weight excluding hydrogens is 208 g/mol. The molecule has 2 N–H and O–H groups in total. The van der Waals surface area contributed by atoms with Gasteiger partial charge in [-0.1, -0.05) is 6.92 Å². The second-order valence-electron chi connectivity index (χ2n) is 4.19. The standard InChI is InChI=1S/C11H16N2OS/c1-8-6-13(4-2-10(8)12)11(14)9-3-5-15-7-9/h3,5,7-8,10H,2,4,6,12H2,1H3. The molecule has 1 fully saturated rings. The van der Waals surface area contributed by atoms with E-state index in [9.17, 15) is 4.79 Å². The van der Waals surface area contributed by atoms with Crippen molar-refractivity contribution in [2.24, 2.45) is 11.7 Å². The summed E-state index contributed by atoms with van der Waals surface area (Å²) in [5, 5.41) is 3.84. The van der Waals surface area contributed by atoms with E-state index in [0.29, 0.717) is 5.92 Å². The fourth-order valence-electron chi connectivity index (χ4n) is 1.92. The number of carbonyl (C=O) groups excluding carboxylic acids is 1. The zero-order valence-electron chi connectivity index (χ0n) is 8.85. The fourth-order valence-corrected chi connectivity index (χ4v) is 2.55. The predicted octanol–water partition coefficient (Wildman–Crippen LogP) is 1.56. The van der Waals surface area contributed by atoms with E-state index < -0.39 is 0 Å². The number of nitrogens with two attached hydrogens (primary N) is 1. The van der Waals surface area contributed by atoms with E-state index in [2.05, 4.69) is 6.92 Å². The third kappa shape index (κ3) is 2.21. The first-order valence-corrected chi connectivity index (χ1v) is 6.20. The minimum absolute atomic E-state index is 0.148. The molecule has 0 bridgehead atoms. The van der Waals surface area contributed by atoms with Gasteiger partial charge in [-0.2, -0.15) is 11.3 Å². The van der Waals surface area contributed by atoms with Crippen molar-refractivity contribution in [2.45, 2.75) is 19.4 Å². The highest BCUT2D eigenvalue weighted by Gasteiger charge is 2.26. The molecule has 1 amide bonds. The van der Waals surface area contributed by atoms with E-state index in [0.717, 1.165) is 25.1 Å². The van der Waals surface area contributed by atoms with Crippen LogP contribution in [0.2, 0.25) is 0 Å². The molecule has 0 aromatic carbocycles. The van der Waals surface area contributed by atoms with Crippen molar-refractivity contribution in [1.82, 2.24) is 4.90 Å². The van der Waals surface area contributed by atoms with Gasteiger partial charge in [0.05, 0.1) is 5.56 Å².